The smallest absolute Gasteiger partial charge is 0.124 e. The summed E-state index contributed by atoms with van der Waals surface area (Å²) < 4.78 is 6.43. The molecule has 0 saturated carbocycles. The molecule has 0 radical (unpaired) electrons. The van der Waals surface area contributed by atoms with Gasteiger partial charge in [-0.3, -0.25) is 0 Å². The summed E-state index contributed by atoms with van der Waals surface area (Å²) >= 11 is 0. The van der Waals surface area contributed by atoms with Gasteiger partial charge in [0.25, 0.3) is 0 Å². The highest BCUT2D eigenvalue weighted by molar-refractivity contribution is 5.38. The predicted molar refractivity (Wildman–Crippen MR) is 80.3 cm³/mol. The lowest BCUT2D eigenvalue weighted by Gasteiger charge is -2.43. The summed E-state index contributed by atoms with van der Waals surface area (Å²) in [6, 6.07) is 8.33. The molecule has 2 N–H and O–H groups in total. The lowest BCUT2D eigenvalue weighted by molar-refractivity contribution is -0.00160. The maximum Gasteiger partial charge on any atom is 0.124 e. The molecule has 0 fully saturated rings. The summed E-state index contributed by atoms with van der Waals surface area (Å²) in [6.07, 6.45) is 3.08. The molecule has 1 aromatic carbocycles. The highest BCUT2D eigenvalue weighted by Gasteiger charge is 2.40. The van der Waals surface area contributed by atoms with E-state index in [2.05, 4.69) is 39.8 Å². The summed E-state index contributed by atoms with van der Waals surface area (Å²) in [7, 11) is 0. The summed E-state index contributed by atoms with van der Waals surface area (Å²) in [4.78, 5) is 0. The Hall–Kier alpha value is -1.02. The van der Waals surface area contributed by atoms with Crippen LogP contribution in [-0.4, -0.2) is 5.60 Å². The largest absolute Gasteiger partial charge is 0.487 e. The minimum atomic E-state index is -0.0872. The van der Waals surface area contributed by atoms with E-state index in [0.29, 0.717) is 11.8 Å². The van der Waals surface area contributed by atoms with Crippen LogP contribution in [0.4, 0.5) is 0 Å². The lowest BCUT2D eigenvalue weighted by atomic mass is 9.77. The molecule has 1 atom stereocenters. The van der Waals surface area contributed by atoms with Gasteiger partial charge in [0.1, 0.15) is 11.4 Å². The first-order chi connectivity index (χ1) is 8.92. The Morgan fingerprint density at radius 1 is 1.16 bits per heavy atom. The Bertz CT molecular complexity index is 415. The molecule has 1 heterocycles. The van der Waals surface area contributed by atoms with Crippen LogP contribution >= 0.6 is 0 Å². The van der Waals surface area contributed by atoms with Gasteiger partial charge < -0.3 is 10.5 Å². The molecule has 0 spiro atoms. The summed E-state index contributed by atoms with van der Waals surface area (Å²) in [5, 5.41) is 0. The van der Waals surface area contributed by atoms with Gasteiger partial charge in [-0.05, 0) is 30.7 Å². The zero-order chi connectivity index (χ0) is 14.0. The number of para-hydroxylation sites is 1. The number of nitrogens with two attached hydrogens (primary N) is 1. The van der Waals surface area contributed by atoms with Crippen molar-refractivity contribution in [3.63, 3.8) is 0 Å². The first-order valence-corrected chi connectivity index (χ1v) is 7.45. The molecule has 2 heteroatoms. The fourth-order valence-corrected chi connectivity index (χ4v) is 3.49. The van der Waals surface area contributed by atoms with Gasteiger partial charge in [-0.15, -0.1) is 0 Å². The van der Waals surface area contributed by atoms with Crippen LogP contribution in [0.5, 0.6) is 5.75 Å². The maximum absolute atomic E-state index is 6.43. The third-order valence-electron chi connectivity index (χ3n) is 3.80. The van der Waals surface area contributed by atoms with Crippen molar-refractivity contribution < 1.29 is 4.74 Å². The minimum Gasteiger partial charge on any atom is -0.487 e. The van der Waals surface area contributed by atoms with Crippen molar-refractivity contribution in [3.8, 4) is 5.75 Å². The number of benzene rings is 1. The van der Waals surface area contributed by atoms with E-state index in [-0.39, 0.29) is 11.6 Å². The number of hydrogen-bond acceptors (Lipinski definition) is 2. The number of rotatable bonds is 4. The second-order valence-electron chi connectivity index (χ2n) is 6.83. The Morgan fingerprint density at radius 2 is 1.74 bits per heavy atom. The summed E-state index contributed by atoms with van der Waals surface area (Å²) in [5.74, 6) is 2.23. The predicted octanol–water partition coefficient (Wildman–Crippen LogP) is 4.30. The molecule has 0 unspecified atom stereocenters. The molecule has 19 heavy (non-hydrogen) atoms. The fraction of sp³-hybridized carbons (Fsp3) is 0.647. The molecule has 0 aliphatic carbocycles. The minimum absolute atomic E-state index is 0.0872. The molecule has 0 amide bonds. The van der Waals surface area contributed by atoms with Gasteiger partial charge in [0.15, 0.2) is 0 Å². The first kappa shape index (κ1) is 14.4. The van der Waals surface area contributed by atoms with E-state index in [9.17, 15) is 0 Å². The van der Waals surface area contributed by atoms with E-state index in [0.717, 1.165) is 30.6 Å². The van der Waals surface area contributed by atoms with E-state index in [1.54, 1.807) is 0 Å². The highest BCUT2D eigenvalue weighted by Crippen LogP contribution is 2.44. The third-order valence-corrected chi connectivity index (χ3v) is 3.80. The van der Waals surface area contributed by atoms with Crippen molar-refractivity contribution in [1.82, 2.24) is 0 Å². The van der Waals surface area contributed by atoms with E-state index in [4.69, 9.17) is 10.5 Å². The van der Waals surface area contributed by atoms with Crippen LogP contribution in [-0.2, 0) is 0 Å². The second-order valence-corrected chi connectivity index (χ2v) is 6.83. The zero-order valence-corrected chi connectivity index (χ0v) is 12.6. The van der Waals surface area contributed by atoms with Crippen molar-refractivity contribution in [2.75, 3.05) is 0 Å². The molecule has 0 saturated heterocycles. The van der Waals surface area contributed by atoms with Gasteiger partial charge in [0.05, 0.1) is 0 Å². The van der Waals surface area contributed by atoms with Crippen LogP contribution < -0.4 is 10.5 Å². The molecule has 2 rings (SSSR count). The van der Waals surface area contributed by atoms with E-state index in [1.165, 1.54) is 0 Å². The quantitative estimate of drug-likeness (QED) is 0.877. The average Bonchev–Trinajstić information content (AvgIpc) is 2.26. The van der Waals surface area contributed by atoms with Crippen LogP contribution in [0.15, 0.2) is 24.3 Å². The summed E-state index contributed by atoms with van der Waals surface area (Å²) in [5.41, 5.74) is 7.46. The topological polar surface area (TPSA) is 35.2 Å². The van der Waals surface area contributed by atoms with Crippen molar-refractivity contribution in [2.24, 2.45) is 17.6 Å². The van der Waals surface area contributed by atoms with Crippen LogP contribution in [0.2, 0.25) is 0 Å². The maximum atomic E-state index is 6.43. The van der Waals surface area contributed by atoms with Crippen molar-refractivity contribution in [3.05, 3.63) is 29.8 Å². The monoisotopic (exact) mass is 261 g/mol. The van der Waals surface area contributed by atoms with Gasteiger partial charge in [0, 0.05) is 18.0 Å². The zero-order valence-electron chi connectivity index (χ0n) is 12.6. The Morgan fingerprint density at radius 3 is 2.32 bits per heavy atom. The van der Waals surface area contributed by atoms with Gasteiger partial charge in [-0.25, -0.2) is 0 Å². The van der Waals surface area contributed by atoms with Crippen LogP contribution in [0.3, 0.4) is 0 Å². The Labute approximate surface area is 117 Å². The molecule has 0 bridgehead atoms. The van der Waals surface area contributed by atoms with Crippen LogP contribution in [0, 0.1) is 11.8 Å². The second kappa shape index (κ2) is 5.54. The summed E-state index contributed by atoms with van der Waals surface area (Å²) in [6.45, 7) is 9.05. The van der Waals surface area contributed by atoms with Gasteiger partial charge >= 0.3 is 0 Å². The van der Waals surface area contributed by atoms with Crippen LogP contribution in [0.25, 0.3) is 0 Å². The molecule has 1 aromatic rings. The molecular formula is C17H27NO. The SMILES string of the molecule is CC(C)CC1(CC(C)C)C[C@@H](N)c2ccccc2O1. The number of hydrogen-bond donors (Lipinski definition) is 1. The average molecular weight is 261 g/mol. The lowest BCUT2D eigenvalue weighted by Crippen LogP contribution is -2.45. The Kier molecular flexibility index (Phi) is 4.19. The molecule has 1 aliphatic rings. The molecule has 1 aliphatic heterocycles. The fourth-order valence-electron chi connectivity index (χ4n) is 3.49. The van der Waals surface area contributed by atoms with Gasteiger partial charge in [-0.1, -0.05) is 45.9 Å². The third kappa shape index (κ3) is 3.30. The molecule has 2 nitrogen and oxygen atoms in total. The molecule has 0 aromatic heterocycles. The van der Waals surface area contributed by atoms with E-state index in [1.807, 2.05) is 12.1 Å². The van der Waals surface area contributed by atoms with E-state index < -0.39 is 0 Å². The highest BCUT2D eigenvalue weighted by atomic mass is 16.5. The van der Waals surface area contributed by atoms with E-state index >= 15 is 0 Å². The van der Waals surface area contributed by atoms with Crippen LogP contribution in [0.1, 0.15) is 58.6 Å². The molecule has 106 valence electrons. The number of ether oxygens (including phenoxy) is 1. The standard InChI is InChI=1S/C17H27NO/c1-12(2)9-17(10-13(3)4)11-15(18)14-7-5-6-8-16(14)19-17/h5-8,12-13,15H,9-11,18H2,1-4H3/t15-/m1/s1. The van der Waals surface area contributed by atoms with Crippen molar-refractivity contribution >= 4 is 0 Å². The van der Waals surface area contributed by atoms with Gasteiger partial charge in [-0.2, -0.15) is 0 Å². The van der Waals surface area contributed by atoms with Crippen molar-refractivity contribution in [1.29, 1.82) is 0 Å². The number of fused-ring (bicyclic) bond motifs is 1. The first-order valence-electron chi connectivity index (χ1n) is 7.45. The Balaban J connectivity index is 2.31. The van der Waals surface area contributed by atoms with Crippen molar-refractivity contribution in [2.45, 2.75) is 58.6 Å². The van der Waals surface area contributed by atoms with Gasteiger partial charge in [0.2, 0.25) is 0 Å². The normalized spacial score (nSPS) is 21.3. The molecular weight excluding hydrogens is 234 g/mol.